The van der Waals surface area contributed by atoms with Crippen LogP contribution in [0.2, 0.25) is 0 Å². The third-order valence-corrected chi connectivity index (χ3v) is 0.250. The molecule has 4 heavy (non-hydrogen) atoms. The van der Waals surface area contributed by atoms with Gasteiger partial charge in [-0.05, 0) is 12.8 Å². The van der Waals surface area contributed by atoms with Crippen molar-refractivity contribution in [2.75, 3.05) is 0 Å². The summed E-state index contributed by atoms with van der Waals surface area (Å²) in [5.74, 6) is 0. The number of rotatable bonds is 1. The SMILES string of the molecule is [CH2]C[C]C. The standard InChI is InChI=1S/C4H7/c1-3-4-2/h1,3H2,2H3. The predicted octanol–water partition coefficient (Wildman–Crippen LogP) is 1.31. The summed E-state index contributed by atoms with van der Waals surface area (Å²) in [6.07, 6.45) is 3.64. The van der Waals surface area contributed by atoms with E-state index in [1.165, 1.54) is 0 Å². The Bertz CT molecular complexity index is 2.00. The van der Waals surface area contributed by atoms with Gasteiger partial charge in [-0.3, -0.25) is 0 Å². The summed E-state index contributed by atoms with van der Waals surface area (Å²) in [7, 11) is 0. The van der Waals surface area contributed by atoms with Crippen molar-refractivity contribution in [2.24, 2.45) is 0 Å². The van der Waals surface area contributed by atoms with Crippen LogP contribution in [0.25, 0.3) is 0 Å². The van der Waals surface area contributed by atoms with Gasteiger partial charge in [-0.15, -0.1) is 0 Å². The van der Waals surface area contributed by atoms with E-state index in [-0.39, 0.29) is 0 Å². The topological polar surface area (TPSA) is 0 Å². The second kappa shape index (κ2) is 3.00. The summed E-state index contributed by atoms with van der Waals surface area (Å²) in [6, 6.07) is 0. The van der Waals surface area contributed by atoms with Gasteiger partial charge in [0.15, 0.2) is 0 Å². The molecule has 0 aromatic rings. The molecule has 0 saturated carbocycles. The minimum absolute atomic E-state index is 0.819. The molecule has 0 unspecified atom stereocenters. The van der Waals surface area contributed by atoms with Gasteiger partial charge in [-0.25, -0.2) is 0 Å². The first-order valence-corrected chi connectivity index (χ1v) is 1.35. The van der Waals surface area contributed by atoms with E-state index in [2.05, 4.69) is 13.3 Å². The molecule has 0 nitrogen and oxygen atoms in total. The first-order valence-electron chi connectivity index (χ1n) is 1.35. The molecule has 0 aromatic carbocycles. The smallest absolute Gasteiger partial charge is 0.0207 e. The molecule has 0 fully saturated rings. The average molecular weight is 55.1 g/mol. The zero-order valence-electron chi connectivity index (χ0n) is 2.91. The first kappa shape index (κ1) is 4.00. The van der Waals surface area contributed by atoms with Gasteiger partial charge in [-0.1, -0.05) is 13.8 Å². The van der Waals surface area contributed by atoms with Crippen LogP contribution in [0.3, 0.4) is 0 Å². The number of unbranched alkanes of at least 4 members (excludes halogenated alkanes) is 1. The Morgan fingerprint density at radius 3 is 2.25 bits per heavy atom. The molecule has 0 bridgehead atoms. The molecule has 0 heterocycles. The van der Waals surface area contributed by atoms with Crippen LogP contribution >= 0.6 is 0 Å². The highest BCUT2D eigenvalue weighted by molar-refractivity contribution is 4.53. The molecule has 0 atom stereocenters. The van der Waals surface area contributed by atoms with Crippen molar-refractivity contribution in [3.63, 3.8) is 0 Å². The Balaban J connectivity index is 1.97. The third-order valence-electron chi connectivity index (χ3n) is 0.250. The van der Waals surface area contributed by atoms with Gasteiger partial charge in [0.25, 0.3) is 0 Å². The fraction of sp³-hybridized carbons (Fsp3) is 0.500. The monoisotopic (exact) mass is 55.1 g/mol. The van der Waals surface area contributed by atoms with E-state index >= 15 is 0 Å². The summed E-state index contributed by atoms with van der Waals surface area (Å²) in [4.78, 5) is 0. The van der Waals surface area contributed by atoms with Crippen LogP contribution in [0.5, 0.6) is 0 Å². The Labute approximate surface area is 27.8 Å². The average Bonchev–Trinajstić information content (AvgIpc) is 1.37. The van der Waals surface area contributed by atoms with Crippen LogP contribution in [-0.2, 0) is 0 Å². The van der Waals surface area contributed by atoms with Crippen LogP contribution < -0.4 is 0 Å². The molecule has 0 heteroatoms. The summed E-state index contributed by atoms with van der Waals surface area (Å²) in [6.45, 7) is 5.36. The van der Waals surface area contributed by atoms with E-state index in [1.807, 2.05) is 6.92 Å². The largest absolute Gasteiger partial charge is 0.0586 e. The van der Waals surface area contributed by atoms with E-state index in [4.69, 9.17) is 0 Å². The molecule has 0 amide bonds. The van der Waals surface area contributed by atoms with Crippen LogP contribution in [0, 0.1) is 13.3 Å². The van der Waals surface area contributed by atoms with Crippen LogP contribution in [0.4, 0.5) is 0 Å². The lowest BCUT2D eigenvalue weighted by Crippen LogP contribution is -1.51. The maximum Gasteiger partial charge on any atom is -0.0207 e. The van der Waals surface area contributed by atoms with E-state index in [9.17, 15) is 0 Å². The normalized spacial score (nSPS) is 7.50. The van der Waals surface area contributed by atoms with Crippen LogP contribution in [-0.4, -0.2) is 0 Å². The summed E-state index contributed by atoms with van der Waals surface area (Å²) in [5, 5.41) is 0. The molecule has 23 valence electrons. The lowest BCUT2D eigenvalue weighted by Gasteiger charge is -1.66. The zero-order chi connectivity index (χ0) is 3.41. The summed E-state index contributed by atoms with van der Waals surface area (Å²) in [5.41, 5.74) is 0. The van der Waals surface area contributed by atoms with Crippen molar-refractivity contribution in [3.05, 3.63) is 13.3 Å². The molecule has 0 aliphatic rings. The molecule has 0 aromatic heterocycles. The van der Waals surface area contributed by atoms with Crippen molar-refractivity contribution < 1.29 is 0 Å². The molecule has 3 radical (unpaired) electrons. The predicted molar refractivity (Wildman–Crippen MR) is 18.9 cm³/mol. The minimum atomic E-state index is 0.819. The lowest BCUT2D eigenvalue weighted by molar-refractivity contribution is 1.21. The Kier molecular flexibility index (Phi) is 3.00. The van der Waals surface area contributed by atoms with Gasteiger partial charge >= 0.3 is 0 Å². The number of hydrogen-bond donors (Lipinski definition) is 0. The van der Waals surface area contributed by atoms with E-state index < -0.39 is 0 Å². The summed E-state index contributed by atoms with van der Waals surface area (Å²) < 4.78 is 0. The molecule has 0 N–H and O–H groups in total. The molecule has 0 rings (SSSR count). The van der Waals surface area contributed by atoms with Gasteiger partial charge in [-0.2, -0.15) is 0 Å². The Morgan fingerprint density at radius 1 is 2.00 bits per heavy atom. The van der Waals surface area contributed by atoms with Crippen molar-refractivity contribution in [3.8, 4) is 0 Å². The van der Waals surface area contributed by atoms with Gasteiger partial charge in [0.1, 0.15) is 0 Å². The molecular weight excluding hydrogens is 48.0 g/mol. The van der Waals surface area contributed by atoms with Crippen molar-refractivity contribution in [1.82, 2.24) is 0 Å². The first-order chi connectivity index (χ1) is 1.91. The highest BCUT2D eigenvalue weighted by Gasteiger charge is 1.58. The fourth-order valence-electron chi connectivity index (χ4n) is 0. The van der Waals surface area contributed by atoms with Gasteiger partial charge in [0.2, 0.25) is 0 Å². The van der Waals surface area contributed by atoms with Crippen molar-refractivity contribution in [2.45, 2.75) is 13.3 Å². The number of hydrogen-bond acceptors (Lipinski definition) is 0. The van der Waals surface area contributed by atoms with Gasteiger partial charge < -0.3 is 0 Å². The van der Waals surface area contributed by atoms with Gasteiger partial charge in [0.05, 0.1) is 0 Å². The molecule has 0 aliphatic heterocycles. The minimum Gasteiger partial charge on any atom is -0.0586 e. The quantitative estimate of drug-likeness (QED) is 0.424. The molecule has 0 aliphatic carbocycles. The Hall–Kier alpha value is 0. The van der Waals surface area contributed by atoms with Crippen molar-refractivity contribution in [1.29, 1.82) is 0 Å². The van der Waals surface area contributed by atoms with E-state index in [1.54, 1.807) is 0 Å². The lowest BCUT2D eigenvalue weighted by atomic mass is 10.4. The second-order valence-corrected chi connectivity index (χ2v) is 0.604. The fourth-order valence-corrected chi connectivity index (χ4v) is 0. The molecular formula is C4H7. The highest BCUT2D eigenvalue weighted by Crippen LogP contribution is 1.73. The summed E-state index contributed by atoms with van der Waals surface area (Å²) >= 11 is 0. The third kappa shape index (κ3) is 2.00. The maximum atomic E-state index is 3.49. The second-order valence-electron chi connectivity index (χ2n) is 0.604. The van der Waals surface area contributed by atoms with Crippen LogP contribution in [0.15, 0.2) is 0 Å². The Morgan fingerprint density at radius 2 is 2.25 bits per heavy atom. The highest BCUT2D eigenvalue weighted by atomic mass is 13.6. The van der Waals surface area contributed by atoms with Gasteiger partial charge in [0, 0.05) is 0 Å². The molecule has 0 saturated heterocycles. The maximum absolute atomic E-state index is 3.49. The zero-order valence-corrected chi connectivity index (χ0v) is 2.91. The van der Waals surface area contributed by atoms with Crippen molar-refractivity contribution >= 4 is 0 Å². The van der Waals surface area contributed by atoms with E-state index in [0.717, 1.165) is 6.42 Å². The van der Waals surface area contributed by atoms with E-state index in [0.29, 0.717) is 0 Å². The molecule has 0 spiro atoms. The van der Waals surface area contributed by atoms with Crippen LogP contribution in [0.1, 0.15) is 13.3 Å².